The highest BCUT2D eigenvalue weighted by molar-refractivity contribution is 6.38. The summed E-state index contributed by atoms with van der Waals surface area (Å²) < 4.78 is 5.25. The summed E-state index contributed by atoms with van der Waals surface area (Å²) >= 11 is 0. The molecule has 1 unspecified atom stereocenters. The Kier molecular flexibility index (Phi) is 4.44. The van der Waals surface area contributed by atoms with Crippen molar-refractivity contribution in [2.75, 3.05) is 6.54 Å². The van der Waals surface area contributed by atoms with E-state index in [1.165, 1.54) is 0 Å². The Labute approximate surface area is 124 Å². The van der Waals surface area contributed by atoms with Crippen LogP contribution in [0.25, 0.3) is 0 Å². The van der Waals surface area contributed by atoms with Crippen molar-refractivity contribution in [1.82, 2.24) is 15.0 Å². The predicted molar refractivity (Wildman–Crippen MR) is 76.4 cm³/mol. The van der Waals surface area contributed by atoms with E-state index in [4.69, 9.17) is 4.52 Å². The van der Waals surface area contributed by atoms with Gasteiger partial charge in [-0.3, -0.25) is 9.59 Å². The monoisotopic (exact) mass is 293 g/mol. The van der Waals surface area contributed by atoms with Crippen LogP contribution in [0.4, 0.5) is 0 Å². The Morgan fingerprint density at radius 1 is 1.38 bits per heavy atom. The lowest BCUT2D eigenvalue weighted by atomic mass is 9.84. The molecule has 1 amide bonds. The summed E-state index contributed by atoms with van der Waals surface area (Å²) in [6.45, 7) is 8.04. The first-order valence-electron chi connectivity index (χ1n) is 7.58. The minimum atomic E-state index is -0.631. The largest absolute Gasteiger partial charge is 0.337 e. The zero-order chi connectivity index (χ0) is 15.6. The van der Waals surface area contributed by atoms with Gasteiger partial charge in [0.2, 0.25) is 11.7 Å². The van der Waals surface area contributed by atoms with E-state index in [0.29, 0.717) is 31.1 Å². The molecule has 0 aliphatic carbocycles. The molecule has 0 saturated carbocycles. The van der Waals surface area contributed by atoms with Crippen molar-refractivity contribution in [3.05, 3.63) is 11.7 Å². The second-order valence-electron chi connectivity index (χ2n) is 6.13. The molecule has 0 aromatic carbocycles. The maximum absolute atomic E-state index is 12.5. The van der Waals surface area contributed by atoms with Gasteiger partial charge in [-0.2, -0.15) is 4.98 Å². The van der Waals surface area contributed by atoms with Crippen LogP contribution < -0.4 is 0 Å². The number of hydrogen-bond donors (Lipinski definition) is 0. The van der Waals surface area contributed by atoms with Crippen LogP contribution in [0.2, 0.25) is 0 Å². The highest BCUT2D eigenvalue weighted by Gasteiger charge is 2.40. The summed E-state index contributed by atoms with van der Waals surface area (Å²) in [5.74, 6) is 0.303. The number of hydrogen-bond acceptors (Lipinski definition) is 5. The minimum absolute atomic E-state index is 0.262. The molecule has 2 rings (SSSR count). The Morgan fingerprint density at radius 3 is 2.67 bits per heavy atom. The second-order valence-corrected chi connectivity index (χ2v) is 6.13. The number of carbonyl (C=O) groups is 2. The highest BCUT2D eigenvalue weighted by atomic mass is 16.5. The number of aryl methyl sites for hydroxylation is 1. The van der Waals surface area contributed by atoms with Crippen LogP contribution in [-0.2, 0) is 16.0 Å². The molecule has 21 heavy (non-hydrogen) atoms. The summed E-state index contributed by atoms with van der Waals surface area (Å²) in [6.07, 6.45) is 2.93. The average molecular weight is 293 g/mol. The number of nitrogens with zero attached hydrogens (tertiary/aromatic N) is 3. The third-order valence-corrected chi connectivity index (χ3v) is 4.29. The van der Waals surface area contributed by atoms with E-state index in [-0.39, 0.29) is 11.8 Å². The summed E-state index contributed by atoms with van der Waals surface area (Å²) in [7, 11) is 0. The molecule has 2 heterocycles. The Morgan fingerprint density at radius 2 is 2.10 bits per heavy atom. The molecule has 1 aliphatic heterocycles. The number of aromatic nitrogens is 2. The van der Waals surface area contributed by atoms with Crippen molar-refractivity contribution in [3.63, 3.8) is 0 Å². The maximum atomic E-state index is 12.5. The lowest BCUT2D eigenvalue weighted by Gasteiger charge is -2.26. The van der Waals surface area contributed by atoms with Gasteiger partial charge in [-0.15, -0.1) is 0 Å². The van der Waals surface area contributed by atoms with Crippen LogP contribution in [-0.4, -0.2) is 33.3 Å². The van der Waals surface area contributed by atoms with Gasteiger partial charge in [0.05, 0.1) is 0 Å². The van der Waals surface area contributed by atoms with Crippen molar-refractivity contribution < 1.29 is 14.1 Å². The van der Waals surface area contributed by atoms with Crippen LogP contribution in [0, 0.1) is 5.41 Å². The van der Waals surface area contributed by atoms with Gasteiger partial charge in [-0.25, -0.2) is 0 Å². The molecule has 0 bridgehead atoms. The smallest absolute Gasteiger partial charge is 0.291 e. The molecule has 0 N–H and O–H groups in total. The molecule has 1 atom stereocenters. The average Bonchev–Trinajstić information content (AvgIpc) is 3.13. The quantitative estimate of drug-likeness (QED) is 0.779. The van der Waals surface area contributed by atoms with Gasteiger partial charge in [-0.1, -0.05) is 32.9 Å². The van der Waals surface area contributed by atoms with Gasteiger partial charge in [0.15, 0.2) is 5.82 Å². The molecule has 6 heteroatoms. The number of rotatable bonds is 5. The molecule has 1 saturated heterocycles. The van der Waals surface area contributed by atoms with E-state index >= 15 is 0 Å². The maximum Gasteiger partial charge on any atom is 0.291 e. The van der Waals surface area contributed by atoms with Gasteiger partial charge in [0.1, 0.15) is 6.04 Å². The lowest BCUT2D eigenvalue weighted by Crippen LogP contribution is -2.42. The molecule has 1 aliphatic rings. The van der Waals surface area contributed by atoms with E-state index in [2.05, 4.69) is 10.1 Å². The van der Waals surface area contributed by atoms with Gasteiger partial charge in [0.25, 0.3) is 5.91 Å². The molecule has 0 radical (unpaired) electrons. The third kappa shape index (κ3) is 2.99. The van der Waals surface area contributed by atoms with Crippen LogP contribution >= 0.6 is 0 Å². The zero-order valence-electron chi connectivity index (χ0n) is 13.2. The topological polar surface area (TPSA) is 76.3 Å². The van der Waals surface area contributed by atoms with Crippen molar-refractivity contribution in [2.45, 2.75) is 59.4 Å². The van der Waals surface area contributed by atoms with Crippen molar-refractivity contribution in [1.29, 1.82) is 0 Å². The van der Waals surface area contributed by atoms with Crippen molar-refractivity contribution in [3.8, 4) is 0 Å². The Hall–Kier alpha value is -1.72. The fraction of sp³-hybridized carbons (Fsp3) is 0.733. The van der Waals surface area contributed by atoms with Crippen LogP contribution in [0.3, 0.4) is 0 Å². The Bertz CT molecular complexity index is 536. The Balaban J connectivity index is 2.18. The number of carbonyl (C=O) groups excluding carboxylic acids is 2. The van der Waals surface area contributed by atoms with Crippen LogP contribution in [0.15, 0.2) is 4.52 Å². The van der Waals surface area contributed by atoms with Gasteiger partial charge >= 0.3 is 0 Å². The van der Waals surface area contributed by atoms with Gasteiger partial charge in [0, 0.05) is 18.4 Å². The second kappa shape index (κ2) is 5.95. The van der Waals surface area contributed by atoms with Crippen LogP contribution in [0.1, 0.15) is 64.7 Å². The number of ketones is 1. The molecule has 0 spiro atoms. The molecule has 1 aromatic heterocycles. The van der Waals surface area contributed by atoms with Gasteiger partial charge in [-0.05, 0) is 19.3 Å². The number of Topliss-reactive ketones (excluding diaryl/α,β-unsaturated/α-hetero) is 1. The van der Waals surface area contributed by atoms with E-state index in [9.17, 15) is 9.59 Å². The molecule has 6 nitrogen and oxygen atoms in total. The first-order chi connectivity index (χ1) is 9.90. The molecular formula is C15H23N3O3. The standard InChI is InChI=1S/C15H23N3O3/c1-5-11-16-13(21-17-11)10-8-7-9-18(10)14(20)12(19)15(3,4)6-2/h10H,5-9H2,1-4H3. The SMILES string of the molecule is CCc1noc(C2CCCN2C(=O)C(=O)C(C)(C)CC)n1. The summed E-state index contributed by atoms with van der Waals surface area (Å²) in [5, 5.41) is 3.87. The van der Waals surface area contributed by atoms with E-state index in [0.717, 1.165) is 12.8 Å². The molecular weight excluding hydrogens is 270 g/mol. The molecule has 1 aromatic rings. The lowest BCUT2D eigenvalue weighted by molar-refractivity contribution is -0.150. The first kappa shape index (κ1) is 15.7. The fourth-order valence-electron chi connectivity index (χ4n) is 2.39. The predicted octanol–water partition coefficient (Wildman–Crippen LogP) is 2.30. The zero-order valence-corrected chi connectivity index (χ0v) is 13.2. The van der Waals surface area contributed by atoms with E-state index < -0.39 is 11.3 Å². The molecule has 1 fully saturated rings. The minimum Gasteiger partial charge on any atom is -0.337 e. The fourth-order valence-corrected chi connectivity index (χ4v) is 2.39. The van der Waals surface area contributed by atoms with E-state index in [1.54, 1.807) is 18.7 Å². The number of amides is 1. The van der Waals surface area contributed by atoms with Gasteiger partial charge < -0.3 is 9.42 Å². The molecule has 116 valence electrons. The summed E-state index contributed by atoms with van der Waals surface area (Å²) in [4.78, 5) is 30.8. The normalized spacial score (nSPS) is 19.0. The number of likely N-dealkylation sites (tertiary alicyclic amines) is 1. The first-order valence-corrected chi connectivity index (χ1v) is 7.58. The van der Waals surface area contributed by atoms with Crippen molar-refractivity contribution in [2.24, 2.45) is 5.41 Å². The highest BCUT2D eigenvalue weighted by Crippen LogP contribution is 2.33. The third-order valence-electron chi connectivity index (χ3n) is 4.29. The summed E-state index contributed by atoms with van der Waals surface area (Å²) in [5.41, 5.74) is -0.631. The van der Waals surface area contributed by atoms with Crippen LogP contribution in [0.5, 0.6) is 0 Å². The van der Waals surface area contributed by atoms with Crippen molar-refractivity contribution >= 4 is 11.7 Å². The van der Waals surface area contributed by atoms with E-state index in [1.807, 2.05) is 13.8 Å². The summed E-state index contributed by atoms with van der Waals surface area (Å²) in [6, 6.07) is -0.262.